The Balaban J connectivity index is 0.00000144. The van der Waals surface area contributed by atoms with Crippen LogP contribution in [0.25, 0.3) is 0 Å². The van der Waals surface area contributed by atoms with Crippen molar-refractivity contribution >= 4 is 40.7 Å². The van der Waals surface area contributed by atoms with Gasteiger partial charge in [-0.05, 0) is 24.3 Å². The monoisotopic (exact) mass is 258 g/mol. The van der Waals surface area contributed by atoms with Crippen LogP contribution in [0.2, 0.25) is 0 Å². The maximum atomic E-state index is 12.1. The Morgan fingerprint density at radius 2 is 1.12 bits per heavy atom. The molecule has 5 heteroatoms. The molecule has 0 amide bonds. The summed E-state index contributed by atoms with van der Waals surface area (Å²) in [6.07, 6.45) is 0. The number of phenols is 2. The fourth-order valence-electron chi connectivity index (χ4n) is 1.35. The van der Waals surface area contributed by atoms with Crippen LogP contribution in [-0.2, 0) is 11.2 Å². The molecule has 0 bridgehead atoms. The van der Waals surface area contributed by atoms with Crippen LogP contribution in [0, 0.1) is 0 Å². The molecule has 0 spiro atoms. The molecule has 0 heterocycles. The average molecular weight is 258 g/mol. The Kier molecular flexibility index (Phi) is 5.36. The summed E-state index contributed by atoms with van der Waals surface area (Å²) in [5, 5.41) is 19.1. The van der Waals surface area contributed by atoms with Crippen molar-refractivity contribution in [1.82, 2.24) is 0 Å². The topological polar surface area (TPSA) is 63.5 Å². The van der Waals surface area contributed by atoms with Gasteiger partial charge in [0.15, 0.2) is 21.3 Å². The molecule has 0 atom stereocenters. The number of benzene rings is 2. The first-order chi connectivity index (χ1) is 7.70. The molecule has 17 heavy (non-hydrogen) atoms. The van der Waals surface area contributed by atoms with Crippen LogP contribution in [-0.4, -0.2) is 44.3 Å². The molecule has 0 radical (unpaired) electrons. The van der Waals surface area contributed by atoms with Crippen molar-refractivity contribution in [3.63, 3.8) is 0 Å². The zero-order valence-corrected chi connectivity index (χ0v) is 9.15. The maximum absolute atomic E-state index is 12.1. The molecule has 2 aromatic carbocycles. The Bertz CT molecular complexity index is 459. The first kappa shape index (κ1) is 14.4. The summed E-state index contributed by atoms with van der Waals surface area (Å²) < 4.78 is 12.1. The number of phenolic OH excluding ortho intramolecular Hbond substituents is 2. The van der Waals surface area contributed by atoms with Crippen molar-refractivity contribution < 1.29 is 14.8 Å². The van der Waals surface area contributed by atoms with Gasteiger partial charge in [-0.15, -0.1) is 0 Å². The Morgan fingerprint density at radius 1 is 0.765 bits per heavy atom. The van der Waals surface area contributed by atoms with Crippen LogP contribution < -0.4 is 0 Å². The summed E-state index contributed by atoms with van der Waals surface area (Å²) in [4.78, 5) is 0.591. The van der Waals surface area contributed by atoms with Gasteiger partial charge < -0.3 is 14.8 Å². The third-order valence-electron chi connectivity index (χ3n) is 2.13. The molecule has 0 aliphatic rings. The molecular formula is C12H11NaO3S. The molecule has 0 fully saturated rings. The van der Waals surface area contributed by atoms with Gasteiger partial charge in [-0.1, -0.05) is 24.3 Å². The van der Waals surface area contributed by atoms with Crippen molar-refractivity contribution in [1.29, 1.82) is 0 Å². The van der Waals surface area contributed by atoms with Gasteiger partial charge in [0, 0.05) is 11.2 Å². The van der Waals surface area contributed by atoms with E-state index in [-0.39, 0.29) is 41.1 Å². The number of hydrogen-bond acceptors (Lipinski definition) is 3. The van der Waals surface area contributed by atoms with Crippen molar-refractivity contribution in [2.24, 2.45) is 0 Å². The second kappa shape index (κ2) is 6.33. The van der Waals surface area contributed by atoms with Crippen LogP contribution in [0.5, 0.6) is 11.5 Å². The minimum absolute atomic E-state index is 0. The van der Waals surface area contributed by atoms with E-state index in [2.05, 4.69) is 0 Å². The maximum Gasteiger partial charge on any atom is 0.200 e. The Morgan fingerprint density at radius 3 is 1.47 bits per heavy atom. The molecule has 2 N–H and O–H groups in total. The van der Waals surface area contributed by atoms with Gasteiger partial charge in [-0.2, -0.15) is 0 Å². The minimum Gasteiger partial charge on any atom is -0.606 e. The van der Waals surface area contributed by atoms with Gasteiger partial charge in [-0.25, -0.2) is 0 Å². The first-order valence-corrected chi connectivity index (χ1v) is 5.83. The van der Waals surface area contributed by atoms with Crippen molar-refractivity contribution in [2.45, 2.75) is 9.79 Å². The zero-order chi connectivity index (χ0) is 11.5. The van der Waals surface area contributed by atoms with E-state index in [1.54, 1.807) is 36.4 Å². The molecule has 2 rings (SSSR count). The predicted octanol–water partition coefficient (Wildman–Crippen LogP) is 1.62. The predicted molar refractivity (Wildman–Crippen MR) is 68.0 cm³/mol. The van der Waals surface area contributed by atoms with Crippen molar-refractivity contribution in [3.05, 3.63) is 48.5 Å². The molecular weight excluding hydrogens is 247 g/mol. The number of hydrogen-bond donors (Lipinski definition) is 2. The molecule has 84 valence electrons. The van der Waals surface area contributed by atoms with E-state index < -0.39 is 11.2 Å². The second-order valence-corrected chi connectivity index (χ2v) is 4.62. The summed E-state index contributed by atoms with van der Waals surface area (Å²) in [5.74, 6) is -0.0758. The van der Waals surface area contributed by atoms with E-state index in [0.717, 1.165) is 0 Å². The molecule has 0 aliphatic carbocycles. The molecule has 0 unspecified atom stereocenters. The smallest absolute Gasteiger partial charge is 0.200 e. The fourth-order valence-corrected chi connectivity index (χ4v) is 2.50. The summed E-state index contributed by atoms with van der Waals surface area (Å²) in [6.45, 7) is 0. The minimum atomic E-state index is -1.57. The summed E-state index contributed by atoms with van der Waals surface area (Å²) in [5.41, 5.74) is 0. The van der Waals surface area contributed by atoms with E-state index in [0.29, 0.717) is 9.79 Å². The SMILES string of the molecule is [NaH].[O-][S+](c1ccccc1O)c1ccccc1O. The van der Waals surface area contributed by atoms with Crippen molar-refractivity contribution in [2.75, 3.05) is 0 Å². The van der Waals surface area contributed by atoms with Gasteiger partial charge in [0.2, 0.25) is 0 Å². The van der Waals surface area contributed by atoms with Gasteiger partial charge >= 0.3 is 29.6 Å². The van der Waals surface area contributed by atoms with Crippen LogP contribution in [0.4, 0.5) is 0 Å². The number of aromatic hydroxyl groups is 2. The fraction of sp³-hybridized carbons (Fsp3) is 0. The standard InChI is InChI=1S/C12H10O3S.Na.H/c13-9-5-1-3-7-11(9)16(15)12-8-4-2-6-10(12)14;;/h1-8,13-14H;;. The molecule has 2 aromatic rings. The zero-order valence-electron chi connectivity index (χ0n) is 8.33. The number of rotatable bonds is 2. The Hall–Kier alpha value is -0.650. The van der Waals surface area contributed by atoms with Gasteiger partial charge in [0.05, 0.1) is 0 Å². The molecule has 0 saturated heterocycles. The second-order valence-electron chi connectivity index (χ2n) is 3.20. The number of para-hydroxylation sites is 2. The van der Waals surface area contributed by atoms with Crippen LogP contribution in [0.1, 0.15) is 0 Å². The largest absolute Gasteiger partial charge is 0.606 e. The first-order valence-electron chi connectivity index (χ1n) is 4.68. The normalized spacial score (nSPS) is 10.0. The molecule has 0 saturated carbocycles. The van der Waals surface area contributed by atoms with E-state index in [1.807, 2.05) is 0 Å². The van der Waals surface area contributed by atoms with Crippen LogP contribution in [0.3, 0.4) is 0 Å². The molecule has 0 aliphatic heterocycles. The van der Waals surface area contributed by atoms with E-state index in [4.69, 9.17) is 0 Å². The average Bonchev–Trinajstić information content (AvgIpc) is 2.29. The van der Waals surface area contributed by atoms with E-state index in [9.17, 15) is 14.8 Å². The van der Waals surface area contributed by atoms with Crippen molar-refractivity contribution in [3.8, 4) is 11.5 Å². The quantitative estimate of drug-likeness (QED) is 0.635. The molecule has 3 nitrogen and oxygen atoms in total. The van der Waals surface area contributed by atoms with E-state index >= 15 is 0 Å². The summed E-state index contributed by atoms with van der Waals surface area (Å²) in [7, 11) is 0. The summed E-state index contributed by atoms with van der Waals surface area (Å²) in [6, 6.07) is 12.7. The molecule has 0 aromatic heterocycles. The van der Waals surface area contributed by atoms with Crippen LogP contribution >= 0.6 is 0 Å². The summed E-state index contributed by atoms with van der Waals surface area (Å²) >= 11 is -1.57. The third-order valence-corrected chi connectivity index (χ3v) is 3.62. The Labute approximate surface area is 125 Å². The third kappa shape index (κ3) is 3.18. The van der Waals surface area contributed by atoms with Gasteiger partial charge in [0.25, 0.3) is 0 Å². The van der Waals surface area contributed by atoms with Crippen LogP contribution in [0.15, 0.2) is 58.3 Å². The van der Waals surface area contributed by atoms with E-state index in [1.165, 1.54) is 12.1 Å². The van der Waals surface area contributed by atoms with Gasteiger partial charge in [-0.3, -0.25) is 0 Å². The van der Waals surface area contributed by atoms with Gasteiger partial charge in [0.1, 0.15) is 0 Å².